The lowest BCUT2D eigenvalue weighted by molar-refractivity contribution is -0.141. The van der Waals surface area contributed by atoms with Gasteiger partial charge in [-0.25, -0.2) is 4.39 Å². The van der Waals surface area contributed by atoms with Crippen LogP contribution in [0.15, 0.2) is 40.9 Å². The van der Waals surface area contributed by atoms with Crippen molar-refractivity contribution in [2.45, 2.75) is 20.3 Å². The molecule has 0 aliphatic rings. The second-order valence-electron chi connectivity index (χ2n) is 7.25. The van der Waals surface area contributed by atoms with E-state index in [1.807, 2.05) is 0 Å². The van der Waals surface area contributed by atoms with Crippen LogP contribution >= 0.6 is 15.9 Å². The Labute approximate surface area is 185 Å². The molecule has 9 heteroatoms. The first-order chi connectivity index (χ1) is 14.6. The molecular formula is C22H20BrFN2O5. The molecule has 0 aliphatic carbocycles. The van der Waals surface area contributed by atoms with Gasteiger partial charge in [-0.05, 0) is 42.8 Å². The zero-order valence-electron chi connectivity index (χ0n) is 16.8. The number of phenols is 1. The number of aliphatic carboxylic acids is 1. The van der Waals surface area contributed by atoms with Gasteiger partial charge in [0.25, 0.3) is 5.91 Å². The summed E-state index contributed by atoms with van der Waals surface area (Å²) in [6, 6.07) is 8.90. The van der Waals surface area contributed by atoms with E-state index < -0.39 is 35.3 Å². The topological polar surface area (TPSA) is 109 Å². The summed E-state index contributed by atoms with van der Waals surface area (Å²) < 4.78 is 16.2. The van der Waals surface area contributed by atoms with E-state index in [9.17, 15) is 23.9 Å². The smallest absolute Gasteiger partial charge is 0.308 e. The quantitative estimate of drug-likeness (QED) is 0.488. The normalized spacial score (nSPS) is 12.0. The van der Waals surface area contributed by atoms with Crippen LogP contribution in [0, 0.1) is 18.7 Å². The second-order valence-corrected chi connectivity index (χ2v) is 8.17. The Morgan fingerprint density at radius 2 is 1.84 bits per heavy atom. The maximum absolute atomic E-state index is 14.1. The summed E-state index contributed by atoms with van der Waals surface area (Å²) in [5.74, 6) is -4.14. The number of amides is 1. The summed E-state index contributed by atoms with van der Waals surface area (Å²) in [6.45, 7) is 3.05. The molecule has 1 unspecified atom stereocenters. The van der Waals surface area contributed by atoms with Crippen LogP contribution in [0.1, 0.15) is 28.5 Å². The van der Waals surface area contributed by atoms with E-state index in [2.05, 4.69) is 21.2 Å². The molecule has 0 saturated heterocycles. The fourth-order valence-electron chi connectivity index (χ4n) is 3.27. The number of carbonyl (C=O) groups excluding carboxylic acids is 2. The molecular weight excluding hydrogens is 471 g/mol. The van der Waals surface area contributed by atoms with Gasteiger partial charge in [0.05, 0.1) is 17.9 Å². The van der Waals surface area contributed by atoms with Crippen molar-refractivity contribution in [2.24, 2.45) is 5.92 Å². The van der Waals surface area contributed by atoms with Crippen LogP contribution in [-0.2, 0) is 16.0 Å². The predicted octanol–water partition coefficient (Wildman–Crippen LogP) is 3.62. The summed E-state index contributed by atoms with van der Waals surface area (Å²) in [4.78, 5) is 36.6. The molecule has 0 fully saturated rings. The van der Waals surface area contributed by atoms with Gasteiger partial charge in [-0.15, -0.1) is 0 Å². The van der Waals surface area contributed by atoms with E-state index in [0.29, 0.717) is 22.2 Å². The van der Waals surface area contributed by atoms with E-state index in [4.69, 9.17) is 5.11 Å². The first-order valence-corrected chi connectivity index (χ1v) is 10.2. The molecule has 0 radical (unpaired) electrons. The number of nitrogens with one attached hydrogen (secondary N) is 1. The number of hydrogen-bond acceptors (Lipinski definition) is 4. The Bertz CT molecular complexity index is 1190. The molecule has 2 aromatic carbocycles. The van der Waals surface area contributed by atoms with Crippen LogP contribution in [0.4, 0.5) is 4.39 Å². The number of fused-ring (bicyclic) bond motifs is 1. The number of benzene rings is 2. The molecule has 0 saturated carbocycles. The van der Waals surface area contributed by atoms with E-state index in [1.54, 1.807) is 31.2 Å². The molecule has 31 heavy (non-hydrogen) atoms. The number of aromatic hydroxyl groups is 1. The molecule has 0 bridgehead atoms. The largest absolute Gasteiger partial charge is 0.505 e. The van der Waals surface area contributed by atoms with Crippen molar-refractivity contribution in [1.82, 2.24) is 9.88 Å². The highest BCUT2D eigenvalue weighted by Crippen LogP contribution is 2.32. The second kappa shape index (κ2) is 8.89. The summed E-state index contributed by atoms with van der Waals surface area (Å²) in [7, 11) is 0. The Morgan fingerprint density at radius 1 is 1.19 bits per heavy atom. The van der Waals surface area contributed by atoms with Gasteiger partial charge in [0, 0.05) is 33.7 Å². The van der Waals surface area contributed by atoms with E-state index in [-0.39, 0.29) is 18.5 Å². The van der Waals surface area contributed by atoms with Gasteiger partial charge in [-0.1, -0.05) is 22.9 Å². The maximum atomic E-state index is 14.1. The number of halogens is 2. The van der Waals surface area contributed by atoms with Gasteiger partial charge < -0.3 is 15.5 Å². The number of carbonyl (C=O) groups is 3. The zero-order chi connectivity index (χ0) is 22.9. The lowest BCUT2D eigenvalue weighted by Crippen LogP contribution is -2.32. The minimum absolute atomic E-state index is 0.0520. The Morgan fingerprint density at radius 3 is 2.45 bits per heavy atom. The highest BCUT2D eigenvalue weighted by molar-refractivity contribution is 9.10. The molecule has 0 aliphatic heterocycles. The molecule has 1 amide bonds. The average molecular weight is 491 g/mol. The van der Waals surface area contributed by atoms with Gasteiger partial charge in [-0.2, -0.15) is 0 Å². The van der Waals surface area contributed by atoms with Crippen molar-refractivity contribution in [2.75, 3.05) is 6.54 Å². The number of rotatable bonds is 6. The Balaban J connectivity index is 2.04. The summed E-state index contributed by atoms with van der Waals surface area (Å²) in [5.41, 5.74) is 1.45. The van der Waals surface area contributed by atoms with Crippen LogP contribution in [0.3, 0.4) is 0 Å². The third-order valence-corrected chi connectivity index (χ3v) is 5.59. The first-order valence-electron chi connectivity index (χ1n) is 9.42. The van der Waals surface area contributed by atoms with Crippen LogP contribution in [0.25, 0.3) is 10.9 Å². The van der Waals surface area contributed by atoms with Gasteiger partial charge in [0.2, 0.25) is 5.91 Å². The van der Waals surface area contributed by atoms with E-state index >= 15 is 0 Å². The average Bonchev–Trinajstić information content (AvgIpc) is 2.97. The zero-order valence-corrected chi connectivity index (χ0v) is 18.4. The number of carboxylic acids is 1. The molecule has 0 spiro atoms. The molecule has 3 rings (SSSR count). The molecule has 1 aromatic heterocycles. The van der Waals surface area contributed by atoms with Gasteiger partial charge >= 0.3 is 5.97 Å². The fraction of sp³-hybridized carbons (Fsp3) is 0.227. The van der Waals surface area contributed by atoms with Crippen molar-refractivity contribution in [3.8, 4) is 5.75 Å². The highest BCUT2D eigenvalue weighted by atomic mass is 79.9. The molecule has 3 aromatic rings. The lowest BCUT2D eigenvalue weighted by Gasteiger charge is -2.09. The van der Waals surface area contributed by atoms with Gasteiger partial charge in [0.15, 0.2) is 11.6 Å². The number of hydrogen-bond donors (Lipinski definition) is 3. The molecule has 7 nitrogen and oxygen atoms in total. The monoisotopic (exact) mass is 490 g/mol. The number of phenolic OH excluding ortho intramolecular Hbond substituents is 1. The SMILES string of the molecule is Cc1c(CC(=O)NCC(C)C(=O)O)c2cc(O)c(F)cc2n1C(=O)c1ccc(Br)cc1. The van der Waals surface area contributed by atoms with Crippen molar-refractivity contribution < 1.29 is 29.0 Å². The van der Waals surface area contributed by atoms with Crippen LogP contribution < -0.4 is 5.32 Å². The minimum atomic E-state index is -1.03. The molecule has 1 atom stereocenters. The third kappa shape index (κ3) is 4.61. The summed E-state index contributed by atoms with van der Waals surface area (Å²) in [6.07, 6.45) is -0.166. The van der Waals surface area contributed by atoms with E-state index in [1.165, 1.54) is 17.6 Å². The van der Waals surface area contributed by atoms with Gasteiger partial charge in [0.1, 0.15) is 0 Å². The van der Waals surface area contributed by atoms with Crippen molar-refractivity contribution >= 4 is 44.6 Å². The first kappa shape index (κ1) is 22.5. The lowest BCUT2D eigenvalue weighted by atomic mass is 10.1. The van der Waals surface area contributed by atoms with Gasteiger partial charge in [-0.3, -0.25) is 19.0 Å². The molecule has 162 valence electrons. The third-order valence-electron chi connectivity index (χ3n) is 5.06. The number of nitrogens with zero attached hydrogens (tertiary/aromatic N) is 1. The summed E-state index contributed by atoms with van der Waals surface area (Å²) in [5, 5.41) is 21.7. The molecule has 1 heterocycles. The maximum Gasteiger partial charge on any atom is 0.308 e. The van der Waals surface area contributed by atoms with Crippen molar-refractivity contribution in [3.63, 3.8) is 0 Å². The van der Waals surface area contributed by atoms with Crippen LogP contribution in [-0.4, -0.2) is 39.1 Å². The highest BCUT2D eigenvalue weighted by Gasteiger charge is 2.23. The molecule has 3 N–H and O–H groups in total. The van der Waals surface area contributed by atoms with Crippen molar-refractivity contribution in [3.05, 3.63) is 63.5 Å². The van der Waals surface area contributed by atoms with Crippen molar-refractivity contribution in [1.29, 1.82) is 0 Å². The standard InChI is InChI=1S/C22H20BrFN2O5/c1-11(22(30)31)10-25-20(28)8-15-12(2)26(18-9-17(24)19(27)7-16(15)18)21(29)13-3-5-14(23)6-4-13/h3-7,9,11,27H,8,10H2,1-2H3,(H,25,28)(H,30,31). The Kier molecular flexibility index (Phi) is 6.45. The van der Waals surface area contributed by atoms with Crippen LogP contribution in [0.2, 0.25) is 0 Å². The van der Waals surface area contributed by atoms with E-state index in [0.717, 1.165) is 10.5 Å². The Hall–Kier alpha value is -3.20. The van der Waals surface area contributed by atoms with Crippen LogP contribution in [0.5, 0.6) is 5.75 Å². The fourth-order valence-corrected chi connectivity index (χ4v) is 3.54. The number of carboxylic acid groups (broad SMARTS) is 1. The summed E-state index contributed by atoms with van der Waals surface area (Å²) >= 11 is 3.31. The number of aromatic nitrogens is 1. The predicted molar refractivity (Wildman–Crippen MR) is 116 cm³/mol. The minimum Gasteiger partial charge on any atom is -0.505 e.